The van der Waals surface area contributed by atoms with Crippen LogP contribution in [0.15, 0.2) is 35.3 Å². The Morgan fingerprint density at radius 3 is 2.43 bits per heavy atom. The summed E-state index contributed by atoms with van der Waals surface area (Å²) < 4.78 is 26.0. The van der Waals surface area contributed by atoms with E-state index in [0.717, 1.165) is 31.8 Å². The third-order valence-electron chi connectivity index (χ3n) is 5.13. The second-order valence-electron chi connectivity index (χ2n) is 8.39. The lowest BCUT2D eigenvalue weighted by molar-refractivity contribution is 0.304. The normalized spacial score (nSPS) is 17.5. The fourth-order valence-corrected chi connectivity index (χ4v) is 5.13. The molecule has 1 aliphatic heterocycles. The summed E-state index contributed by atoms with van der Waals surface area (Å²) >= 11 is 0. The smallest absolute Gasteiger partial charge is 0.214 e. The molecule has 28 heavy (non-hydrogen) atoms. The Labute approximate surface area is 170 Å². The molecule has 0 atom stereocenters. The molecule has 7 heteroatoms. The number of rotatable bonds is 8. The van der Waals surface area contributed by atoms with E-state index in [0.29, 0.717) is 19.5 Å². The average molecular weight is 409 g/mol. The summed E-state index contributed by atoms with van der Waals surface area (Å²) in [6, 6.07) is 10.8. The number of nitrogens with one attached hydrogen (secondary N) is 2. The maximum absolute atomic E-state index is 12.2. The van der Waals surface area contributed by atoms with E-state index in [9.17, 15) is 8.42 Å². The molecule has 1 heterocycles. The van der Waals surface area contributed by atoms with Gasteiger partial charge >= 0.3 is 0 Å². The third-order valence-corrected chi connectivity index (χ3v) is 7.21. The number of nitrogens with zero attached hydrogens (tertiary/aromatic N) is 2. The van der Waals surface area contributed by atoms with Crippen LogP contribution in [-0.2, 0) is 16.4 Å². The van der Waals surface area contributed by atoms with Crippen LogP contribution >= 0.6 is 0 Å². The first-order chi connectivity index (χ1) is 13.3. The Bertz CT molecular complexity index is 724. The first-order valence-electron chi connectivity index (χ1n) is 10.2. The molecule has 0 unspecified atom stereocenters. The van der Waals surface area contributed by atoms with Gasteiger partial charge in [0.25, 0.3) is 0 Å². The van der Waals surface area contributed by atoms with Gasteiger partial charge in [0.05, 0.1) is 5.75 Å². The van der Waals surface area contributed by atoms with Gasteiger partial charge in [0.2, 0.25) is 10.0 Å². The van der Waals surface area contributed by atoms with Crippen LogP contribution in [0.5, 0.6) is 0 Å². The number of sulfonamides is 1. The van der Waals surface area contributed by atoms with Crippen LogP contribution in [0.1, 0.15) is 45.6 Å². The maximum atomic E-state index is 12.2. The Balaban J connectivity index is 1.80. The molecular weight excluding hydrogens is 372 g/mol. The van der Waals surface area contributed by atoms with Crippen LogP contribution in [0.3, 0.4) is 0 Å². The molecule has 0 aliphatic carbocycles. The number of guanidine groups is 1. The van der Waals surface area contributed by atoms with Crippen molar-refractivity contribution in [3.05, 3.63) is 35.9 Å². The molecule has 1 aromatic rings. The van der Waals surface area contributed by atoms with Crippen molar-refractivity contribution in [3.63, 3.8) is 0 Å². The maximum Gasteiger partial charge on any atom is 0.214 e. The van der Waals surface area contributed by atoms with Gasteiger partial charge in [-0.05, 0) is 36.7 Å². The molecule has 6 nitrogen and oxygen atoms in total. The van der Waals surface area contributed by atoms with Crippen molar-refractivity contribution in [2.75, 3.05) is 32.4 Å². The summed E-state index contributed by atoms with van der Waals surface area (Å²) in [7, 11) is -1.31. The molecule has 0 saturated carbocycles. The van der Waals surface area contributed by atoms with E-state index in [4.69, 9.17) is 0 Å². The van der Waals surface area contributed by atoms with Crippen LogP contribution in [0.4, 0.5) is 0 Å². The number of piperidine rings is 1. The van der Waals surface area contributed by atoms with Crippen LogP contribution in [0.25, 0.3) is 0 Å². The van der Waals surface area contributed by atoms with E-state index < -0.39 is 10.0 Å². The highest BCUT2D eigenvalue weighted by molar-refractivity contribution is 7.89. The molecule has 1 aromatic carbocycles. The van der Waals surface area contributed by atoms with Crippen molar-refractivity contribution >= 4 is 16.0 Å². The van der Waals surface area contributed by atoms with Gasteiger partial charge in [-0.1, -0.05) is 51.1 Å². The zero-order valence-corrected chi connectivity index (χ0v) is 18.6. The fourth-order valence-electron chi connectivity index (χ4n) is 3.59. The molecule has 0 bridgehead atoms. The van der Waals surface area contributed by atoms with E-state index in [-0.39, 0.29) is 17.2 Å². The third kappa shape index (κ3) is 7.09. The van der Waals surface area contributed by atoms with Crippen molar-refractivity contribution in [1.82, 2.24) is 14.9 Å². The molecule has 0 spiro atoms. The number of aliphatic imine (C=N–C) groups is 1. The van der Waals surface area contributed by atoms with Gasteiger partial charge in [-0.2, -0.15) is 0 Å². The number of benzene rings is 1. The zero-order chi connectivity index (χ0) is 20.6. The van der Waals surface area contributed by atoms with Crippen molar-refractivity contribution in [2.24, 2.45) is 10.4 Å². The highest BCUT2D eigenvalue weighted by Crippen LogP contribution is 2.21. The lowest BCUT2D eigenvalue weighted by Crippen LogP contribution is -2.51. The van der Waals surface area contributed by atoms with Crippen LogP contribution in [0, 0.1) is 5.41 Å². The second-order valence-corrected chi connectivity index (χ2v) is 10.5. The predicted molar refractivity (Wildman–Crippen MR) is 117 cm³/mol. The van der Waals surface area contributed by atoms with Gasteiger partial charge in [-0.3, -0.25) is 4.99 Å². The zero-order valence-electron chi connectivity index (χ0n) is 17.7. The minimum absolute atomic E-state index is 0.0938. The molecule has 1 aliphatic rings. The predicted octanol–water partition coefficient (Wildman–Crippen LogP) is 2.62. The molecule has 1 saturated heterocycles. The van der Waals surface area contributed by atoms with Crippen molar-refractivity contribution in [3.8, 4) is 0 Å². The van der Waals surface area contributed by atoms with Crippen LogP contribution in [0.2, 0.25) is 0 Å². The molecular formula is C21H36N4O2S. The Hall–Kier alpha value is -1.60. The van der Waals surface area contributed by atoms with Gasteiger partial charge < -0.3 is 10.6 Å². The van der Waals surface area contributed by atoms with E-state index >= 15 is 0 Å². The molecule has 1 fully saturated rings. The summed E-state index contributed by atoms with van der Waals surface area (Å²) in [6.45, 7) is 8.37. The fraction of sp³-hybridized carbons (Fsp3) is 0.667. The Kier molecular flexibility index (Phi) is 8.31. The quantitative estimate of drug-likeness (QED) is 0.512. The molecule has 0 amide bonds. The first kappa shape index (κ1) is 22.7. The Morgan fingerprint density at radius 2 is 1.86 bits per heavy atom. The minimum Gasteiger partial charge on any atom is -0.356 e. The number of hydrogen-bond donors (Lipinski definition) is 2. The Morgan fingerprint density at radius 1 is 1.21 bits per heavy atom. The minimum atomic E-state index is -3.09. The van der Waals surface area contributed by atoms with Gasteiger partial charge in [-0.25, -0.2) is 12.7 Å². The van der Waals surface area contributed by atoms with Crippen molar-refractivity contribution in [2.45, 2.75) is 52.5 Å². The average Bonchev–Trinajstić information content (AvgIpc) is 2.66. The molecule has 0 radical (unpaired) electrons. The van der Waals surface area contributed by atoms with E-state index in [1.807, 2.05) is 13.0 Å². The van der Waals surface area contributed by atoms with E-state index in [2.05, 4.69) is 53.7 Å². The largest absolute Gasteiger partial charge is 0.356 e. The summed E-state index contributed by atoms with van der Waals surface area (Å²) in [6.07, 6.45) is 3.26. The second kappa shape index (κ2) is 10.3. The first-order valence-corrected chi connectivity index (χ1v) is 11.9. The van der Waals surface area contributed by atoms with Gasteiger partial charge in [-0.15, -0.1) is 0 Å². The van der Waals surface area contributed by atoms with Gasteiger partial charge in [0, 0.05) is 32.7 Å². The summed E-state index contributed by atoms with van der Waals surface area (Å²) in [5, 5.41) is 6.91. The van der Waals surface area contributed by atoms with Gasteiger partial charge in [0.15, 0.2) is 5.96 Å². The monoisotopic (exact) mass is 408 g/mol. The SMILES string of the molecule is CCCS(=O)(=O)N1CCC(NC(=NC)NCC(C)(C)Cc2ccccc2)CC1. The van der Waals surface area contributed by atoms with Crippen molar-refractivity contribution < 1.29 is 8.42 Å². The standard InChI is InChI=1S/C21H36N4O2S/c1-5-15-28(26,27)25-13-11-19(12-14-25)24-20(22-4)23-17-21(2,3)16-18-9-7-6-8-10-18/h6-10,19H,5,11-17H2,1-4H3,(H2,22,23,24). The summed E-state index contributed by atoms with van der Waals surface area (Å²) in [4.78, 5) is 4.35. The lowest BCUT2D eigenvalue weighted by atomic mass is 9.86. The number of hydrogen-bond acceptors (Lipinski definition) is 3. The van der Waals surface area contributed by atoms with Crippen molar-refractivity contribution in [1.29, 1.82) is 0 Å². The molecule has 158 valence electrons. The highest BCUT2D eigenvalue weighted by atomic mass is 32.2. The molecule has 0 aromatic heterocycles. The summed E-state index contributed by atoms with van der Waals surface area (Å²) in [5.74, 6) is 1.03. The lowest BCUT2D eigenvalue weighted by Gasteiger charge is -2.33. The summed E-state index contributed by atoms with van der Waals surface area (Å²) in [5.41, 5.74) is 1.43. The molecule has 2 rings (SSSR count). The van der Waals surface area contributed by atoms with E-state index in [1.165, 1.54) is 5.56 Å². The topological polar surface area (TPSA) is 73.8 Å². The van der Waals surface area contributed by atoms with Crippen LogP contribution in [-0.4, -0.2) is 57.2 Å². The molecule has 2 N–H and O–H groups in total. The highest BCUT2D eigenvalue weighted by Gasteiger charge is 2.28. The van der Waals surface area contributed by atoms with Crippen LogP contribution < -0.4 is 10.6 Å². The van der Waals surface area contributed by atoms with E-state index in [1.54, 1.807) is 11.4 Å². The van der Waals surface area contributed by atoms with Gasteiger partial charge in [0.1, 0.15) is 0 Å².